The molecule has 1 nitrogen and oxygen atoms in total. The van der Waals surface area contributed by atoms with E-state index in [4.69, 9.17) is 4.98 Å². The number of aryl methyl sites for hydroxylation is 1. The van der Waals surface area contributed by atoms with Crippen LogP contribution >= 0.6 is 0 Å². The van der Waals surface area contributed by atoms with E-state index in [1.807, 2.05) is 0 Å². The molecule has 1 aromatic heterocycles. The third-order valence-corrected chi connectivity index (χ3v) is 7.52. The van der Waals surface area contributed by atoms with Crippen LogP contribution in [0.1, 0.15) is 43.2 Å². The number of pyridine rings is 1. The van der Waals surface area contributed by atoms with Crippen molar-refractivity contribution < 1.29 is 0 Å². The van der Waals surface area contributed by atoms with Crippen LogP contribution in [0.3, 0.4) is 0 Å². The maximum atomic E-state index is 4.86. The molecule has 0 unspecified atom stereocenters. The Hall–Kier alpha value is -1.41. The van der Waals surface area contributed by atoms with Crippen molar-refractivity contribution in [2.75, 3.05) is 0 Å². The predicted octanol–water partition coefficient (Wildman–Crippen LogP) is 5.73. The molecule has 2 heteroatoms. The quantitative estimate of drug-likeness (QED) is 0.650. The molecule has 0 saturated heterocycles. The minimum Gasteiger partial charge on any atom is -0.256 e. The van der Waals surface area contributed by atoms with Gasteiger partial charge in [0.25, 0.3) is 0 Å². The standard InChI is InChI=1S/C22H31NSi/c1-17-10-8-9-13-20(17)21-15-19(14-18-11-6-5-7-12-18)22(16-23-21)24(2,3)4/h8-10,13,15-16,18H,5-7,11-12,14H2,1-4H3. The molecule has 0 aliphatic heterocycles. The Kier molecular flexibility index (Phi) is 5.24. The molecule has 128 valence electrons. The fraction of sp³-hybridized carbons (Fsp3) is 0.500. The number of hydrogen-bond donors (Lipinski definition) is 0. The summed E-state index contributed by atoms with van der Waals surface area (Å²) in [6, 6.07) is 11.0. The molecule has 0 bridgehead atoms. The van der Waals surface area contributed by atoms with Crippen molar-refractivity contribution >= 4 is 13.3 Å². The van der Waals surface area contributed by atoms with Gasteiger partial charge in [-0.15, -0.1) is 0 Å². The van der Waals surface area contributed by atoms with E-state index in [0.717, 1.165) is 11.6 Å². The van der Waals surface area contributed by atoms with Crippen LogP contribution < -0.4 is 5.19 Å². The molecule has 0 spiro atoms. The van der Waals surface area contributed by atoms with Crippen LogP contribution in [-0.4, -0.2) is 13.1 Å². The zero-order valence-electron chi connectivity index (χ0n) is 15.7. The largest absolute Gasteiger partial charge is 0.256 e. The van der Waals surface area contributed by atoms with E-state index < -0.39 is 8.07 Å². The lowest BCUT2D eigenvalue weighted by Crippen LogP contribution is -2.41. The summed E-state index contributed by atoms with van der Waals surface area (Å²) in [6.45, 7) is 9.52. The fourth-order valence-corrected chi connectivity index (χ4v) is 5.64. The van der Waals surface area contributed by atoms with E-state index in [9.17, 15) is 0 Å². The summed E-state index contributed by atoms with van der Waals surface area (Å²) < 4.78 is 0. The molecule has 2 aromatic rings. The van der Waals surface area contributed by atoms with Crippen LogP contribution in [0.25, 0.3) is 11.3 Å². The van der Waals surface area contributed by atoms with Gasteiger partial charge in [-0.1, -0.05) is 76.0 Å². The Morgan fingerprint density at radius 3 is 2.42 bits per heavy atom. The summed E-state index contributed by atoms with van der Waals surface area (Å²) in [7, 11) is -1.36. The molecule has 1 saturated carbocycles. The van der Waals surface area contributed by atoms with E-state index in [0.29, 0.717) is 0 Å². The van der Waals surface area contributed by atoms with Gasteiger partial charge in [-0.25, -0.2) is 0 Å². The van der Waals surface area contributed by atoms with Gasteiger partial charge in [0, 0.05) is 11.8 Å². The molecule has 3 rings (SSSR count). The molecular formula is C22H31NSi. The van der Waals surface area contributed by atoms with Crippen molar-refractivity contribution in [1.29, 1.82) is 0 Å². The number of hydrogen-bond acceptors (Lipinski definition) is 1. The first-order valence-electron chi connectivity index (χ1n) is 9.50. The first-order valence-corrected chi connectivity index (χ1v) is 13.0. The second-order valence-corrected chi connectivity index (χ2v) is 13.5. The number of aromatic nitrogens is 1. The van der Waals surface area contributed by atoms with Gasteiger partial charge in [0.1, 0.15) is 0 Å². The van der Waals surface area contributed by atoms with Gasteiger partial charge in [-0.3, -0.25) is 4.98 Å². The first kappa shape index (κ1) is 17.4. The Labute approximate surface area is 148 Å². The monoisotopic (exact) mass is 337 g/mol. The second kappa shape index (κ2) is 7.22. The summed E-state index contributed by atoms with van der Waals surface area (Å²) in [5.41, 5.74) is 5.33. The highest BCUT2D eigenvalue weighted by Gasteiger charge is 2.24. The van der Waals surface area contributed by atoms with Crippen LogP contribution in [-0.2, 0) is 6.42 Å². The van der Waals surface area contributed by atoms with Crippen LogP contribution in [0.2, 0.25) is 19.6 Å². The van der Waals surface area contributed by atoms with Gasteiger partial charge >= 0.3 is 0 Å². The zero-order chi connectivity index (χ0) is 17.2. The number of rotatable bonds is 4. The molecule has 1 aliphatic rings. The summed E-state index contributed by atoms with van der Waals surface area (Å²) in [5.74, 6) is 0.876. The average Bonchev–Trinajstić information content (AvgIpc) is 2.55. The van der Waals surface area contributed by atoms with E-state index in [1.54, 1.807) is 10.8 Å². The van der Waals surface area contributed by atoms with Crippen LogP contribution in [0.4, 0.5) is 0 Å². The van der Waals surface area contributed by atoms with Gasteiger partial charge in [-0.05, 0) is 41.6 Å². The topological polar surface area (TPSA) is 12.9 Å². The molecule has 0 N–H and O–H groups in total. The molecule has 0 amide bonds. The summed E-state index contributed by atoms with van der Waals surface area (Å²) >= 11 is 0. The van der Waals surface area contributed by atoms with Crippen molar-refractivity contribution in [3.63, 3.8) is 0 Å². The lowest BCUT2D eigenvalue weighted by molar-refractivity contribution is 0.357. The highest BCUT2D eigenvalue weighted by Crippen LogP contribution is 2.29. The lowest BCUT2D eigenvalue weighted by atomic mass is 9.85. The van der Waals surface area contributed by atoms with E-state index in [2.05, 4.69) is 63.1 Å². The molecule has 1 aromatic carbocycles. The van der Waals surface area contributed by atoms with Crippen molar-refractivity contribution in [3.05, 3.63) is 47.7 Å². The van der Waals surface area contributed by atoms with Crippen molar-refractivity contribution in [1.82, 2.24) is 4.98 Å². The van der Waals surface area contributed by atoms with Crippen molar-refractivity contribution in [2.45, 2.75) is 65.1 Å². The maximum absolute atomic E-state index is 4.86. The summed E-state index contributed by atoms with van der Waals surface area (Å²) in [6.07, 6.45) is 10.5. The highest BCUT2D eigenvalue weighted by atomic mass is 28.3. The van der Waals surface area contributed by atoms with E-state index in [-0.39, 0.29) is 0 Å². The second-order valence-electron chi connectivity index (χ2n) is 8.50. The highest BCUT2D eigenvalue weighted by molar-refractivity contribution is 6.89. The number of nitrogens with zero attached hydrogens (tertiary/aromatic N) is 1. The van der Waals surface area contributed by atoms with E-state index in [1.165, 1.54) is 49.7 Å². The van der Waals surface area contributed by atoms with Crippen molar-refractivity contribution in [2.24, 2.45) is 5.92 Å². The molecular weight excluding hydrogens is 306 g/mol. The first-order chi connectivity index (χ1) is 11.4. The van der Waals surface area contributed by atoms with Gasteiger partial charge < -0.3 is 0 Å². The lowest BCUT2D eigenvalue weighted by Gasteiger charge is -2.26. The van der Waals surface area contributed by atoms with Gasteiger partial charge in [0.05, 0.1) is 13.8 Å². The average molecular weight is 338 g/mol. The third-order valence-electron chi connectivity index (χ3n) is 5.45. The Balaban J connectivity index is 1.99. The van der Waals surface area contributed by atoms with Gasteiger partial charge in [-0.2, -0.15) is 0 Å². The Morgan fingerprint density at radius 1 is 1.04 bits per heavy atom. The van der Waals surface area contributed by atoms with Crippen LogP contribution in [0.15, 0.2) is 36.5 Å². The summed E-state index contributed by atoms with van der Waals surface area (Å²) in [4.78, 5) is 4.86. The molecule has 1 aliphatic carbocycles. The van der Waals surface area contributed by atoms with Gasteiger partial charge in [0.2, 0.25) is 0 Å². The van der Waals surface area contributed by atoms with Crippen LogP contribution in [0.5, 0.6) is 0 Å². The van der Waals surface area contributed by atoms with E-state index >= 15 is 0 Å². The van der Waals surface area contributed by atoms with Crippen LogP contribution in [0, 0.1) is 12.8 Å². The third kappa shape index (κ3) is 3.97. The Morgan fingerprint density at radius 2 is 1.75 bits per heavy atom. The maximum Gasteiger partial charge on any atom is 0.0799 e. The SMILES string of the molecule is Cc1ccccc1-c1cc(CC2CCCCC2)c([Si](C)(C)C)cn1. The minimum absolute atomic E-state index is 0.876. The Bertz CT molecular complexity index is 693. The minimum atomic E-state index is -1.36. The predicted molar refractivity (Wildman–Crippen MR) is 108 cm³/mol. The molecule has 1 heterocycles. The fourth-order valence-electron chi connectivity index (χ4n) is 4.05. The molecule has 0 atom stereocenters. The summed E-state index contributed by atoms with van der Waals surface area (Å²) in [5, 5.41) is 1.56. The van der Waals surface area contributed by atoms with Gasteiger partial charge in [0.15, 0.2) is 0 Å². The number of benzene rings is 1. The molecule has 0 radical (unpaired) electrons. The van der Waals surface area contributed by atoms with Crippen molar-refractivity contribution in [3.8, 4) is 11.3 Å². The molecule has 24 heavy (non-hydrogen) atoms. The normalized spacial score (nSPS) is 16.3. The smallest absolute Gasteiger partial charge is 0.0799 e. The zero-order valence-corrected chi connectivity index (χ0v) is 16.7. The molecule has 1 fully saturated rings.